The van der Waals surface area contributed by atoms with E-state index in [0.29, 0.717) is 6.54 Å². The van der Waals surface area contributed by atoms with Crippen molar-refractivity contribution < 1.29 is 30.7 Å². The van der Waals surface area contributed by atoms with Crippen molar-refractivity contribution in [1.82, 2.24) is 4.72 Å². The molecule has 0 unspecified atom stereocenters. The first-order chi connectivity index (χ1) is 15.9. The Balaban J connectivity index is 1.71. The first-order valence-corrected chi connectivity index (χ1v) is 16.5. The van der Waals surface area contributed by atoms with Crippen LogP contribution in [0.5, 0.6) is 0 Å². The number of nitrogens with one attached hydrogen (secondary N) is 1. The third-order valence-corrected chi connectivity index (χ3v) is 9.81. The molecule has 0 atom stereocenters. The van der Waals surface area contributed by atoms with E-state index in [1.54, 1.807) is 4.57 Å². The van der Waals surface area contributed by atoms with Crippen LogP contribution in [0.1, 0.15) is 11.4 Å². The van der Waals surface area contributed by atoms with Gasteiger partial charge in [-0.05, 0) is 36.1 Å². The highest BCUT2D eigenvalue weighted by Crippen LogP contribution is 2.48. The minimum absolute atomic E-state index is 0.159. The van der Waals surface area contributed by atoms with Crippen LogP contribution in [0.15, 0.2) is 44.0 Å². The van der Waals surface area contributed by atoms with Crippen LogP contribution in [0.3, 0.4) is 0 Å². The smallest absolute Gasteiger partial charge is 0.299 e. The molecule has 1 aliphatic rings. The quantitative estimate of drug-likeness (QED) is 0.300. The number of nitrogens with zero attached hydrogens (tertiary/aromatic N) is 2. The number of fused-ring (bicyclic) bond motifs is 2. The van der Waals surface area contributed by atoms with Gasteiger partial charge in [-0.15, -0.1) is 0 Å². The van der Waals surface area contributed by atoms with E-state index in [4.69, 9.17) is 0 Å². The van der Waals surface area contributed by atoms with Crippen molar-refractivity contribution in [1.29, 1.82) is 0 Å². The van der Waals surface area contributed by atoms with Gasteiger partial charge in [-0.25, -0.2) is 21.6 Å². The number of halogens is 1. The van der Waals surface area contributed by atoms with Crippen LogP contribution < -0.4 is 14.2 Å². The number of benzene rings is 1. The summed E-state index contributed by atoms with van der Waals surface area (Å²) in [7, 11) is -8.02. The highest BCUT2D eigenvalue weighted by Gasteiger charge is 2.29. The molecule has 3 heterocycles. The Bertz CT molecular complexity index is 1510. The van der Waals surface area contributed by atoms with Gasteiger partial charge in [0.25, 0.3) is 15.7 Å². The lowest BCUT2D eigenvalue weighted by atomic mass is 10.3. The van der Waals surface area contributed by atoms with E-state index in [9.17, 15) is 26.2 Å². The average Bonchev–Trinajstić information content (AvgIpc) is 3.35. The summed E-state index contributed by atoms with van der Waals surface area (Å²) in [6.45, 7) is 0.141. The molecular weight excluding hydrogens is 606 g/mol. The molecule has 34 heavy (non-hydrogen) atoms. The zero-order chi connectivity index (χ0) is 24.7. The van der Waals surface area contributed by atoms with E-state index in [0.717, 1.165) is 40.9 Å². The lowest BCUT2D eigenvalue weighted by Crippen LogP contribution is -2.45. The summed E-state index contributed by atoms with van der Waals surface area (Å²) in [5, 5.41) is 3.44. The maximum Gasteiger partial charge on any atom is 0.299 e. The van der Waals surface area contributed by atoms with E-state index in [2.05, 4.69) is 15.9 Å². The number of thioether (sulfide) groups is 1. The van der Waals surface area contributed by atoms with Crippen molar-refractivity contribution in [3.8, 4) is 0 Å². The molecule has 15 heteroatoms. The normalized spacial score (nSPS) is 15.3. The number of anilines is 1. The van der Waals surface area contributed by atoms with Gasteiger partial charge in [-0.3, -0.25) is 4.79 Å². The fourth-order valence-electron chi connectivity index (χ4n) is 3.39. The molecule has 0 radical (unpaired) electrons. The van der Waals surface area contributed by atoms with Crippen LogP contribution in [-0.4, -0.2) is 45.8 Å². The van der Waals surface area contributed by atoms with Crippen LogP contribution in [0.2, 0.25) is 0 Å². The first kappa shape index (κ1) is 25.6. The summed E-state index contributed by atoms with van der Waals surface area (Å²) in [6, 6.07) is 7.71. The lowest BCUT2D eigenvalue weighted by molar-refractivity contribution is -0.653. The number of aromatic nitrogens is 1. The summed E-state index contributed by atoms with van der Waals surface area (Å²) < 4.78 is 61.9. The number of hydrogen-bond acceptors (Lipinski definition) is 10. The molecule has 1 aromatic carbocycles. The van der Waals surface area contributed by atoms with Gasteiger partial charge in [-0.2, -0.15) is 4.57 Å². The molecule has 0 bridgehead atoms. The highest BCUT2D eigenvalue weighted by atomic mass is 79.9. The minimum atomic E-state index is -4.33. The Hall–Kier alpha value is -1.49. The van der Waals surface area contributed by atoms with Gasteiger partial charge >= 0.3 is 0 Å². The van der Waals surface area contributed by atoms with Crippen molar-refractivity contribution >= 4 is 97.7 Å². The summed E-state index contributed by atoms with van der Waals surface area (Å²) in [5.74, 6) is -1.12. The molecule has 0 saturated carbocycles. The first-order valence-electron chi connectivity index (χ1n) is 9.70. The molecule has 3 aromatic rings. The zero-order valence-electron chi connectivity index (χ0n) is 17.6. The molecule has 0 spiro atoms. The number of amides is 1. The molecular formula is C19H18BrN3O6S5. The van der Waals surface area contributed by atoms with Crippen molar-refractivity contribution in [2.45, 2.75) is 17.9 Å². The van der Waals surface area contributed by atoms with E-state index in [-0.39, 0.29) is 13.0 Å². The number of rotatable bonds is 8. The fraction of sp³-hybridized carbons (Fsp3) is 0.263. The van der Waals surface area contributed by atoms with E-state index in [1.165, 1.54) is 34.4 Å². The molecule has 0 aliphatic carbocycles. The number of thiazole rings is 1. The summed E-state index contributed by atoms with van der Waals surface area (Å²) in [6.07, 6.45) is 2.98. The van der Waals surface area contributed by atoms with Crippen LogP contribution >= 0.6 is 50.4 Å². The summed E-state index contributed by atoms with van der Waals surface area (Å²) in [4.78, 5) is 16.1. The third kappa shape index (κ3) is 6.19. The predicted molar refractivity (Wildman–Crippen MR) is 137 cm³/mol. The fourth-order valence-corrected chi connectivity index (χ4v) is 8.09. The number of carbonyl (C=O) groups excluding carboxylic acids is 1. The number of hydrogen-bond donors (Lipinski definition) is 1. The van der Waals surface area contributed by atoms with Gasteiger partial charge in [0.2, 0.25) is 16.6 Å². The zero-order valence-corrected chi connectivity index (χ0v) is 23.2. The Labute approximate surface area is 217 Å². The topological polar surface area (TPSA) is 128 Å². The Morgan fingerprint density at radius 1 is 1.26 bits per heavy atom. The highest BCUT2D eigenvalue weighted by molar-refractivity contribution is 9.10. The minimum Gasteiger partial charge on any atom is -0.748 e. The SMILES string of the molecule is CS(=O)(=O)NC(=O)C[n+]1c(C=C2Sc3ccc(Br)cc3N2CCCS(=O)(=O)[O-])sc2ccsc21. The number of sulfonamides is 1. The Morgan fingerprint density at radius 3 is 2.74 bits per heavy atom. The molecule has 182 valence electrons. The predicted octanol–water partition coefficient (Wildman–Crippen LogP) is 2.93. The van der Waals surface area contributed by atoms with Crippen molar-refractivity contribution in [3.05, 3.63) is 44.2 Å². The van der Waals surface area contributed by atoms with Gasteiger partial charge in [0.05, 0.1) is 33.2 Å². The Morgan fingerprint density at radius 2 is 2.03 bits per heavy atom. The van der Waals surface area contributed by atoms with Crippen LogP contribution in [0.4, 0.5) is 5.69 Å². The molecule has 1 aliphatic heterocycles. The summed E-state index contributed by atoms with van der Waals surface area (Å²) in [5.41, 5.74) is 0.883. The van der Waals surface area contributed by atoms with Gasteiger partial charge < -0.3 is 9.45 Å². The molecule has 0 saturated heterocycles. The van der Waals surface area contributed by atoms with Gasteiger partial charge in [-0.1, -0.05) is 50.4 Å². The second-order valence-electron chi connectivity index (χ2n) is 7.38. The van der Waals surface area contributed by atoms with Crippen LogP contribution in [0, 0.1) is 0 Å². The molecule has 0 fully saturated rings. The van der Waals surface area contributed by atoms with E-state index in [1.807, 2.05) is 45.3 Å². The van der Waals surface area contributed by atoms with E-state index >= 15 is 0 Å². The molecule has 2 aromatic heterocycles. The second-order valence-corrected chi connectivity index (χ2v) is 14.6. The van der Waals surface area contributed by atoms with Crippen molar-refractivity contribution in [2.24, 2.45) is 0 Å². The molecule has 1 amide bonds. The molecule has 1 N–H and O–H groups in total. The monoisotopic (exact) mass is 623 g/mol. The van der Waals surface area contributed by atoms with Gasteiger partial charge in [0.1, 0.15) is 4.70 Å². The van der Waals surface area contributed by atoms with Crippen molar-refractivity contribution in [3.63, 3.8) is 0 Å². The van der Waals surface area contributed by atoms with Crippen molar-refractivity contribution in [2.75, 3.05) is 23.5 Å². The maximum absolute atomic E-state index is 12.4. The maximum atomic E-state index is 12.4. The average molecular weight is 625 g/mol. The third-order valence-electron chi connectivity index (χ3n) is 4.65. The number of carbonyl (C=O) groups is 1. The molecule has 9 nitrogen and oxygen atoms in total. The lowest BCUT2D eigenvalue weighted by Gasteiger charge is -2.20. The van der Waals surface area contributed by atoms with E-state index < -0.39 is 31.8 Å². The number of thiophene rings is 1. The van der Waals surface area contributed by atoms with Gasteiger partial charge in [0, 0.05) is 21.7 Å². The summed E-state index contributed by atoms with van der Waals surface area (Å²) >= 11 is 7.87. The standard InChI is InChI=1S/C19H18BrN3O6S5/c1-33(25,26)21-16(24)11-23-18(32-15-5-7-30-19(15)23)10-17-22(6-2-8-34(27,28)29)13-9-12(20)3-4-14(13)31-17/h3-5,7,9-10H,2,6,8,11H2,1H3,(H-,21,24,27,28,29). The molecule has 4 rings (SSSR count). The Kier molecular flexibility index (Phi) is 7.43. The van der Waals surface area contributed by atoms with Crippen LogP contribution in [-0.2, 0) is 31.5 Å². The largest absolute Gasteiger partial charge is 0.748 e. The van der Waals surface area contributed by atoms with Crippen LogP contribution in [0.25, 0.3) is 15.6 Å². The second kappa shape index (κ2) is 9.87. The van der Waals surface area contributed by atoms with Gasteiger partial charge in [0.15, 0.2) is 0 Å².